The van der Waals surface area contributed by atoms with Crippen LogP contribution in [0.1, 0.15) is 10.6 Å². The molecule has 2 N–H and O–H groups in total. The number of anilines is 1. The lowest BCUT2D eigenvalue weighted by Crippen LogP contribution is -2.37. The van der Waals surface area contributed by atoms with Gasteiger partial charge in [-0.15, -0.1) is 10.2 Å². The van der Waals surface area contributed by atoms with Crippen LogP contribution in [0.15, 0.2) is 23.1 Å². The minimum Gasteiger partial charge on any atom is -0.253 e. The third-order valence-electron chi connectivity index (χ3n) is 3.13. The summed E-state index contributed by atoms with van der Waals surface area (Å²) in [5, 5.41) is 7.48. The van der Waals surface area contributed by atoms with Crippen molar-refractivity contribution in [1.29, 1.82) is 0 Å². The van der Waals surface area contributed by atoms with Gasteiger partial charge in [0.15, 0.2) is 0 Å². The summed E-state index contributed by atoms with van der Waals surface area (Å²) < 4.78 is 86.7. The van der Waals surface area contributed by atoms with E-state index in [0.717, 1.165) is 11.3 Å². The van der Waals surface area contributed by atoms with Gasteiger partial charge in [0.25, 0.3) is 10.0 Å². The van der Waals surface area contributed by atoms with Gasteiger partial charge in [-0.3, -0.25) is 4.72 Å². The zero-order chi connectivity index (χ0) is 20.5. The number of hydrogen-bond donors (Lipinski definition) is 2. The highest BCUT2D eigenvalue weighted by Gasteiger charge is 2.45. The summed E-state index contributed by atoms with van der Waals surface area (Å²) in [6.45, 7) is 0.950. The first-order valence-corrected chi connectivity index (χ1v) is 11.2. The molecule has 27 heavy (non-hydrogen) atoms. The van der Waals surface area contributed by atoms with Gasteiger partial charge in [-0.1, -0.05) is 29.0 Å². The summed E-state index contributed by atoms with van der Waals surface area (Å²) in [6, 6.07) is 4.33. The molecule has 0 amide bonds. The Kier molecular flexibility index (Phi) is 6.36. The summed E-state index contributed by atoms with van der Waals surface area (Å²) in [5.74, 6) is 0. The molecule has 0 aliphatic rings. The molecule has 0 saturated heterocycles. The van der Waals surface area contributed by atoms with E-state index in [0.29, 0.717) is 5.56 Å². The summed E-state index contributed by atoms with van der Waals surface area (Å²) in [7, 11) is -9.46. The molecule has 0 saturated carbocycles. The third-order valence-corrected chi connectivity index (χ3v) is 7.25. The van der Waals surface area contributed by atoms with E-state index >= 15 is 0 Å². The van der Waals surface area contributed by atoms with Crippen LogP contribution in [0.25, 0.3) is 0 Å². The lowest BCUT2D eigenvalue weighted by molar-refractivity contribution is -0.0447. The monoisotopic (exact) mass is 464 g/mol. The largest absolute Gasteiger partial charge is 0.511 e. The van der Waals surface area contributed by atoms with Crippen molar-refractivity contribution in [2.75, 3.05) is 11.3 Å². The highest BCUT2D eigenvalue weighted by atomic mass is 35.5. The van der Waals surface area contributed by atoms with Crippen LogP contribution in [-0.2, 0) is 26.5 Å². The van der Waals surface area contributed by atoms with Gasteiger partial charge in [0.2, 0.25) is 5.13 Å². The molecule has 0 spiro atoms. The van der Waals surface area contributed by atoms with Crippen LogP contribution >= 0.6 is 22.9 Å². The molecule has 0 fully saturated rings. The van der Waals surface area contributed by atoms with Crippen LogP contribution in [0.2, 0.25) is 5.02 Å². The maximum Gasteiger partial charge on any atom is 0.511 e. The van der Waals surface area contributed by atoms with Crippen LogP contribution in [0.4, 0.5) is 18.3 Å². The molecule has 2 rings (SSSR count). The lowest BCUT2D eigenvalue weighted by Gasteiger charge is -2.08. The second kappa shape index (κ2) is 7.87. The molecule has 1 aromatic heterocycles. The quantitative estimate of drug-likeness (QED) is 0.649. The molecular weight excluding hydrogens is 453 g/mol. The molecule has 8 nitrogen and oxygen atoms in total. The van der Waals surface area contributed by atoms with E-state index in [1.165, 1.54) is 29.8 Å². The predicted molar refractivity (Wildman–Crippen MR) is 93.6 cm³/mol. The summed E-state index contributed by atoms with van der Waals surface area (Å²) >= 11 is 6.66. The van der Waals surface area contributed by atoms with Crippen LogP contribution in [0.3, 0.4) is 0 Å². The molecule has 0 bridgehead atoms. The summed E-state index contributed by atoms with van der Waals surface area (Å²) in [4.78, 5) is -0.0651. The van der Waals surface area contributed by atoms with E-state index in [1.807, 2.05) is 0 Å². The first-order chi connectivity index (χ1) is 12.3. The second-order valence-corrected chi connectivity index (χ2v) is 9.94. The molecular formula is C12H12ClF3N4O4S3. The van der Waals surface area contributed by atoms with Gasteiger partial charge in [0.1, 0.15) is 5.01 Å². The fourth-order valence-electron chi connectivity index (χ4n) is 1.82. The van der Waals surface area contributed by atoms with Crippen molar-refractivity contribution in [1.82, 2.24) is 14.9 Å². The van der Waals surface area contributed by atoms with E-state index in [1.54, 1.807) is 0 Å². The Balaban J connectivity index is 2.05. The Morgan fingerprint density at radius 3 is 2.48 bits per heavy atom. The Hall–Kier alpha value is -1.48. The molecule has 1 heterocycles. The molecule has 0 atom stereocenters. The number of hydrogen-bond acceptors (Lipinski definition) is 7. The van der Waals surface area contributed by atoms with Crippen molar-refractivity contribution in [3.63, 3.8) is 0 Å². The number of aromatic nitrogens is 2. The molecule has 0 radical (unpaired) electrons. The number of benzene rings is 1. The zero-order valence-electron chi connectivity index (χ0n) is 13.4. The summed E-state index contributed by atoms with van der Waals surface area (Å²) in [6.07, 6.45) is -0.203. The fraction of sp³-hybridized carbons (Fsp3) is 0.333. The first kappa shape index (κ1) is 21.8. The Morgan fingerprint density at radius 2 is 1.85 bits per heavy atom. The number of sulfonamides is 2. The Labute approximate surface area is 161 Å². The smallest absolute Gasteiger partial charge is 0.253 e. The molecule has 0 unspecified atom stereocenters. The SMILES string of the molecule is Cc1c(Cl)cccc1S(=O)(=O)Nc1nnc(CCNS(=O)(=O)C(F)(F)F)s1. The van der Waals surface area contributed by atoms with Crippen molar-refractivity contribution in [3.05, 3.63) is 33.8 Å². The van der Waals surface area contributed by atoms with Crippen molar-refractivity contribution in [3.8, 4) is 0 Å². The van der Waals surface area contributed by atoms with Gasteiger partial charge < -0.3 is 0 Å². The van der Waals surface area contributed by atoms with Crippen LogP contribution in [0, 0.1) is 6.92 Å². The number of rotatable bonds is 7. The van der Waals surface area contributed by atoms with Crippen molar-refractivity contribution < 1.29 is 30.0 Å². The van der Waals surface area contributed by atoms with Crippen molar-refractivity contribution >= 4 is 48.1 Å². The molecule has 2 aromatic rings. The average molecular weight is 465 g/mol. The zero-order valence-corrected chi connectivity index (χ0v) is 16.6. The predicted octanol–water partition coefficient (Wildman–Crippen LogP) is 2.28. The highest BCUT2D eigenvalue weighted by Crippen LogP contribution is 2.26. The standard InChI is InChI=1S/C12H12ClF3N4O4S3/c1-7-8(13)3-2-4-9(7)26(21,22)20-11-19-18-10(25-11)5-6-17-27(23,24)12(14,15)16/h2-4,17H,5-6H2,1H3,(H,19,20). The third kappa shape index (κ3) is 5.28. The molecule has 0 aliphatic carbocycles. The van der Waals surface area contributed by atoms with Gasteiger partial charge in [0, 0.05) is 18.0 Å². The number of nitrogens with zero attached hydrogens (tertiary/aromatic N) is 2. The van der Waals surface area contributed by atoms with Gasteiger partial charge in [0.05, 0.1) is 4.90 Å². The van der Waals surface area contributed by atoms with Crippen molar-refractivity contribution in [2.45, 2.75) is 23.7 Å². The summed E-state index contributed by atoms with van der Waals surface area (Å²) in [5.41, 5.74) is -5.08. The number of halogens is 4. The number of alkyl halides is 3. The minimum atomic E-state index is -5.45. The van der Waals surface area contributed by atoms with Gasteiger partial charge in [-0.2, -0.15) is 13.2 Å². The topological polar surface area (TPSA) is 118 Å². The normalized spacial score (nSPS) is 12.9. The maximum atomic E-state index is 12.4. The van der Waals surface area contributed by atoms with Crippen molar-refractivity contribution in [2.24, 2.45) is 0 Å². The maximum absolute atomic E-state index is 12.4. The Bertz CT molecular complexity index is 1040. The van der Waals surface area contributed by atoms with Gasteiger partial charge >= 0.3 is 15.5 Å². The van der Waals surface area contributed by atoms with E-state index in [4.69, 9.17) is 11.6 Å². The molecule has 150 valence electrons. The molecule has 15 heteroatoms. The number of nitrogens with one attached hydrogen (secondary N) is 2. The molecule has 0 aliphatic heterocycles. The molecule has 1 aromatic carbocycles. The second-order valence-electron chi connectivity index (χ2n) is 5.06. The van der Waals surface area contributed by atoms with Crippen LogP contribution in [-0.4, -0.2) is 39.1 Å². The lowest BCUT2D eigenvalue weighted by atomic mass is 10.2. The average Bonchev–Trinajstić information content (AvgIpc) is 2.95. The van der Waals surface area contributed by atoms with Gasteiger partial charge in [-0.25, -0.2) is 21.6 Å². The first-order valence-electron chi connectivity index (χ1n) is 7.00. The Morgan fingerprint density at radius 1 is 1.19 bits per heavy atom. The van der Waals surface area contributed by atoms with E-state index in [2.05, 4.69) is 14.9 Å². The van der Waals surface area contributed by atoms with E-state index in [9.17, 15) is 30.0 Å². The van der Waals surface area contributed by atoms with Crippen LogP contribution < -0.4 is 9.44 Å². The van der Waals surface area contributed by atoms with E-state index in [-0.39, 0.29) is 26.5 Å². The fourth-order valence-corrected chi connectivity index (χ4v) is 4.82. The van der Waals surface area contributed by atoms with E-state index < -0.39 is 32.1 Å². The van der Waals surface area contributed by atoms with Crippen LogP contribution in [0.5, 0.6) is 0 Å². The highest BCUT2D eigenvalue weighted by molar-refractivity contribution is 7.93. The minimum absolute atomic E-state index is 0.0651. The van der Waals surface area contributed by atoms with Gasteiger partial charge in [-0.05, 0) is 24.6 Å².